The summed E-state index contributed by atoms with van der Waals surface area (Å²) >= 11 is 7.67. The van der Waals surface area contributed by atoms with E-state index >= 15 is 0 Å². The molecular weight excluding hydrogens is 431 g/mol. The standard InChI is InChI=1S/C15H25ClN4S.HI/c1-4-20(3)11-9-18-15(17-2)19-10-12-21-14-7-5-13(16)6-8-14;/h5-8H,4,9-12H2,1-3H3,(H2,17,18,19);1H. The highest BCUT2D eigenvalue weighted by Gasteiger charge is 1.99. The maximum atomic E-state index is 5.87. The maximum Gasteiger partial charge on any atom is 0.191 e. The molecule has 1 aromatic rings. The highest BCUT2D eigenvalue weighted by Crippen LogP contribution is 2.19. The van der Waals surface area contributed by atoms with Gasteiger partial charge in [-0.1, -0.05) is 18.5 Å². The Morgan fingerprint density at radius 3 is 2.45 bits per heavy atom. The zero-order valence-corrected chi connectivity index (χ0v) is 17.3. The van der Waals surface area contributed by atoms with Crippen LogP contribution in [-0.4, -0.2) is 56.9 Å². The summed E-state index contributed by atoms with van der Waals surface area (Å²) in [7, 11) is 3.91. The van der Waals surface area contributed by atoms with E-state index in [2.05, 4.69) is 34.5 Å². The van der Waals surface area contributed by atoms with Gasteiger partial charge in [-0.15, -0.1) is 35.7 Å². The monoisotopic (exact) mass is 456 g/mol. The summed E-state index contributed by atoms with van der Waals surface area (Å²) in [5.41, 5.74) is 0. The number of aliphatic imine (C=N–C) groups is 1. The molecule has 0 radical (unpaired) electrons. The highest BCUT2D eigenvalue weighted by atomic mass is 127. The Hall–Kier alpha value is -0.180. The molecule has 0 aliphatic carbocycles. The maximum absolute atomic E-state index is 5.87. The Morgan fingerprint density at radius 2 is 1.86 bits per heavy atom. The molecule has 0 saturated carbocycles. The van der Waals surface area contributed by atoms with Crippen molar-refractivity contribution in [3.05, 3.63) is 29.3 Å². The van der Waals surface area contributed by atoms with E-state index in [0.717, 1.165) is 42.9 Å². The van der Waals surface area contributed by atoms with Crippen LogP contribution in [0.15, 0.2) is 34.2 Å². The van der Waals surface area contributed by atoms with E-state index in [4.69, 9.17) is 11.6 Å². The van der Waals surface area contributed by atoms with Gasteiger partial charge in [0.05, 0.1) is 0 Å². The summed E-state index contributed by atoms with van der Waals surface area (Å²) < 4.78 is 0. The van der Waals surface area contributed by atoms with Crippen molar-refractivity contribution in [1.29, 1.82) is 0 Å². The molecule has 1 rings (SSSR count). The van der Waals surface area contributed by atoms with Gasteiger partial charge in [0, 0.05) is 42.4 Å². The van der Waals surface area contributed by atoms with Gasteiger partial charge in [0.25, 0.3) is 0 Å². The summed E-state index contributed by atoms with van der Waals surface area (Å²) in [6, 6.07) is 7.92. The fourth-order valence-electron chi connectivity index (χ4n) is 1.61. The number of nitrogens with one attached hydrogen (secondary N) is 2. The van der Waals surface area contributed by atoms with Crippen molar-refractivity contribution in [2.75, 3.05) is 46.0 Å². The molecule has 0 atom stereocenters. The van der Waals surface area contributed by atoms with Gasteiger partial charge in [0.15, 0.2) is 5.96 Å². The number of rotatable bonds is 8. The lowest BCUT2D eigenvalue weighted by molar-refractivity contribution is 0.357. The van der Waals surface area contributed by atoms with E-state index in [9.17, 15) is 0 Å². The highest BCUT2D eigenvalue weighted by molar-refractivity contribution is 14.0. The normalized spacial score (nSPS) is 11.2. The first-order valence-electron chi connectivity index (χ1n) is 7.17. The molecule has 0 aromatic heterocycles. The molecule has 1 aromatic carbocycles. The fraction of sp³-hybridized carbons (Fsp3) is 0.533. The van der Waals surface area contributed by atoms with E-state index in [1.807, 2.05) is 24.3 Å². The third-order valence-electron chi connectivity index (χ3n) is 3.03. The molecule has 0 saturated heterocycles. The first-order chi connectivity index (χ1) is 10.2. The topological polar surface area (TPSA) is 39.7 Å². The van der Waals surface area contributed by atoms with Gasteiger partial charge in [0.2, 0.25) is 0 Å². The quantitative estimate of drug-likeness (QED) is 0.207. The van der Waals surface area contributed by atoms with E-state index in [1.165, 1.54) is 4.90 Å². The average Bonchev–Trinajstić information content (AvgIpc) is 2.51. The van der Waals surface area contributed by atoms with E-state index < -0.39 is 0 Å². The Morgan fingerprint density at radius 1 is 1.23 bits per heavy atom. The number of hydrogen-bond acceptors (Lipinski definition) is 3. The number of guanidine groups is 1. The minimum Gasteiger partial charge on any atom is -0.356 e. The summed E-state index contributed by atoms with van der Waals surface area (Å²) in [5, 5.41) is 7.40. The van der Waals surface area contributed by atoms with Crippen LogP contribution >= 0.6 is 47.3 Å². The van der Waals surface area contributed by atoms with Crippen molar-refractivity contribution < 1.29 is 0 Å². The largest absolute Gasteiger partial charge is 0.356 e. The molecule has 126 valence electrons. The summed E-state index contributed by atoms with van der Waals surface area (Å²) in [6.45, 7) is 5.99. The van der Waals surface area contributed by atoms with Gasteiger partial charge in [-0.3, -0.25) is 4.99 Å². The third kappa shape index (κ3) is 9.76. The molecule has 0 bridgehead atoms. The smallest absolute Gasteiger partial charge is 0.191 e. The molecule has 0 spiro atoms. The third-order valence-corrected chi connectivity index (χ3v) is 4.29. The van der Waals surface area contributed by atoms with Gasteiger partial charge in [-0.2, -0.15) is 0 Å². The molecule has 22 heavy (non-hydrogen) atoms. The average molecular weight is 457 g/mol. The molecule has 4 nitrogen and oxygen atoms in total. The SMILES string of the molecule is CCN(C)CCNC(=NC)NCCSc1ccc(Cl)cc1.I. The molecule has 2 N–H and O–H groups in total. The summed E-state index contributed by atoms with van der Waals surface area (Å²) in [6.07, 6.45) is 0. The van der Waals surface area contributed by atoms with Crippen LogP contribution in [0.4, 0.5) is 0 Å². The minimum atomic E-state index is 0. The Kier molecular flexibility index (Phi) is 13.2. The lowest BCUT2D eigenvalue weighted by atomic mass is 10.4. The van der Waals surface area contributed by atoms with Gasteiger partial charge in [-0.05, 0) is 37.9 Å². The lowest BCUT2D eigenvalue weighted by Gasteiger charge is -2.16. The number of benzene rings is 1. The number of hydrogen-bond donors (Lipinski definition) is 2. The van der Waals surface area contributed by atoms with Crippen molar-refractivity contribution >= 4 is 53.3 Å². The summed E-state index contributed by atoms with van der Waals surface area (Å²) in [4.78, 5) is 7.71. The first kappa shape index (κ1) is 21.8. The van der Waals surface area contributed by atoms with Crippen LogP contribution in [0.5, 0.6) is 0 Å². The Bertz CT molecular complexity index is 428. The van der Waals surface area contributed by atoms with Crippen LogP contribution in [0, 0.1) is 0 Å². The van der Waals surface area contributed by atoms with Crippen LogP contribution < -0.4 is 10.6 Å². The second-order valence-corrected chi connectivity index (χ2v) is 6.23. The van der Waals surface area contributed by atoms with Crippen molar-refractivity contribution in [3.63, 3.8) is 0 Å². The van der Waals surface area contributed by atoms with Crippen LogP contribution in [0.25, 0.3) is 0 Å². The van der Waals surface area contributed by atoms with Crippen molar-refractivity contribution in [1.82, 2.24) is 15.5 Å². The predicted octanol–water partition coefficient (Wildman–Crippen LogP) is 3.17. The van der Waals surface area contributed by atoms with Gasteiger partial charge in [-0.25, -0.2) is 0 Å². The van der Waals surface area contributed by atoms with E-state index in [1.54, 1.807) is 18.8 Å². The van der Waals surface area contributed by atoms with Crippen LogP contribution in [0.2, 0.25) is 5.02 Å². The van der Waals surface area contributed by atoms with Crippen LogP contribution in [-0.2, 0) is 0 Å². The van der Waals surface area contributed by atoms with Crippen molar-refractivity contribution in [3.8, 4) is 0 Å². The molecule has 0 heterocycles. The molecule has 7 heteroatoms. The van der Waals surface area contributed by atoms with Gasteiger partial charge < -0.3 is 15.5 Å². The zero-order valence-electron chi connectivity index (χ0n) is 13.4. The van der Waals surface area contributed by atoms with Gasteiger partial charge >= 0.3 is 0 Å². The molecule has 0 unspecified atom stereocenters. The number of nitrogens with zero attached hydrogens (tertiary/aromatic N) is 2. The molecular formula is C15H26ClIN4S. The summed E-state index contributed by atoms with van der Waals surface area (Å²) in [5.74, 6) is 1.84. The first-order valence-corrected chi connectivity index (χ1v) is 8.53. The van der Waals surface area contributed by atoms with E-state index in [-0.39, 0.29) is 24.0 Å². The van der Waals surface area contributed by atoms with Crippen molar-refractivity contribution in [2.45, 2.75) is 11.8 Å². The van der Waals surface area contributed by atoms with Gasteiger partial charge in [0.1, 0.15) is 0 Å². The van der Waals surface area contributed by atoms with Crippen LogP contribution in [0.1, 0.15) is 6.92 Å². The minimum absolute atomic E-state index is 0. The zero-order chi connectivity index (χ0) is 15.5. The predicted molar refractivity (Wildman–Crippen MR) is 110 cm³/mol. The number of halogens is 2. The van der Waals surface area contributed by atoms with E-state index in [0.29, 0.717) is 0 Å². The lowest BCUT2D eigenvalue weighted by Crippen LogP contribution is -2.41. The Balaban J connectivity index is 0.00000441. The van der Waals surface area contributed by atoms with Crippen molar-refractivity contribution in [2.24, 2.45) is 4.99 Å². The molecule has 0 aliphatic heterocycles. The fourth-order valence-corrected chi connectivity index (χ4v) is 2.51. The number of thioether (sulfide) groups is 1. The van der Waals surface area contributed by atoms with Crippen LogP contribution in [0.3, 0.4) is 0 Å². The second kappa shape index (κ2) is 13.3. The second-order valence-electron chi connectivity index (χ2n) is 4.62. The Labute approximate surface area is 160 Å². The number of likely N-dealkylation sites (N-methyl/N-ethyl adjacent to an activating group) is 1. The molecule has 0 fully saturated rings. The molecule has 0 amide bonds. The molecule has 0 aliphatic rings.